The quantitative estimate of drug-likeness (QED) is 0.196. The summed E-state index contributed by atoms with van der Waals surface area (Å²) >= 11 is 1.46. The number of aryl methyl sites for hydroxylation is 1. The molecule has 5 rings (SSSR count). The van der Waals surface area contributed by atoms with Crippen LogP contribution in [0.15, 0.2) is 102 Å². The number of aromatic nitrogens is 2. The number of amides is 1. The molecule has 5 aromatic rings. The highest BCUT2D eigenvalue weighted by molar-refractivity contribution is 7.89. The molecule has 0 aliphatic heterocycles. The molecule has 0 saturated heterocycles. The van der Waals surface area contributed by atoms with Gasteiger partial charge in [-0.25, -0.2) is 13.4 Å². The minimum Gasteiger partial charge on any atom is -0.278 e. The van der Waals surface area contributed by atoms with Crippen LogP contribution in [-0.2, 0) is 29.5 Å². The van der Waals surface area contributed by atoms with Crippen molar-refractivity contribution >= 4 is 42.6 Å². The van der Waals surface area contributed by atoms with Crippen LogP contribution in [0.2, 0.25) is 0 Å². The first kappa shape index (κ1) is 27.6. The molecule has 0 atom stereocenters. The number of rotatable bonds is 10. The van der Waals surface area contributed by atoms with E-state index < -0.39 is 10.0 Å². The summed E-state index contributed by atoms with van der Waals surface area (Å²) in [5.74, 6) is -0.277. The summed E-state index contributed by atoms with van der Waals surface area (Å²) in [4.78, 5) is 24.8. The van der Waals surface area contributed by atoms with Gasteiger partial charge in [-0.3, -0.25) is 14.7 Å². The number of fused-ring (bicyclic) bond motifs is 1. The standard InChI is InChI=1S/C31H30N4O3S2/c1-3-23-13-18-28-29(20-23)39-31(33-28)35(22-26-12-8-9-19-32-26)30(36)25-14-16-27(17-15-25)40(37,38)34(4-2)21-24-10-6-5-7-11-24/h5-20H,3-4,21-22H2,1-2H3. The fraction of sp³-hybridized carbons (Fsp3) is 0.194. The Morgan fingerprint density at radius 2 is 1.60 bits per heavy atom. The molecule has 1 amide bonds. The zero-order chi connectivity index (χ0) is 28.1. The van der Waals surface area contributed by atoms with Crippen LogP contribution < -0.4 is 4.90 Å². The molecule has 0 fully saturated rings. The molecular weight excluding hydrogens is 541 g/mol. The molecule has 0 saturated carbocycles. The van der Waals surface area contributed by atoms with Gasteiger partial charge in [-0.15, -0.1) is 0 Å². The lowest BCUT2D eigenvalue weighted by molar-refractivity contribution is 0.0984. The molecule has 3 aromatic carbocycles. The van der Waals surface area contributed by atoms with Crippen LogP contribution in [0.5, 0.6) is 0 Å². The van der Waals surface area contributed by atoms with Crippen molar-refractivity contribution in [2.45, 2.75) is 38.3 Å². The third-order valence-corrected chi connectivity index (χ3v) is 9.64. The van der Waals surface area contributed by atoms with Gasteiger partial charge < -0.3 is 0 Å². The van der Waals surface area contributed by atoms with E-state index in [-0.39, 0.29) is 23.9 Å². The highest BCUT2D eigenvalue weighted by atomic mass is 32.2. The van der Waals surface area contributed by atoms with Crippen molar-refractivity contribution < 1.29 is 13.2 Å². The summed E-state index contributed by atoms with van der Waals surface area (Å²) < 4.78 is 29.3. The Bertz CT molecular complexity index is 1700. The summed E-state index contributed by atoms with van der Waals surface area (Å²) in [6.45, 7) is 4.75. The first-order valence-corrected chi connectivity index (χ1v) is 15.4. The Kier molecular flexibility index (Phi) is 8.35. The molecule has 2 heterocycles. The maximum atomic E-state index is 13.8. The van der Waals surface area contributed by atoms with E-state index in [1.165, 1.54) is 33.3 Å². The predicted molar refractivity (Wildman–Crippen MR) is 160 cm³/mol. The van der Waals surface area contributed by atoms with Crippen LogP contribution in [0.4, 0.5) is 5.13 Å². The van der Waals surface area contributed by atoms with Crippen molar-refractivity contribution in [1.29, 1.82) is 0 Å². The molecule has 0 bridgehead atoms. The minimum absolute atomic E-state index is 0.144. The molecule has 40 heavy (non-hydrogen) atoms. The lowest BCUT2D eigenvalue weighted by Gasteiger charge is -2.22. The van der Waals surface area contributed by atoms with Crippen molar-refractivity contribution in [1.82, 2.24) is 14.3 Å². The monoisotopic (exact) mass is 570 g/mol. The number of carbonyl (C=O) groups excluding carboxylic acids is 1. The van der Waals surface area contributed by atoms with E-state index in [1.807, 2.05) is 67.6 Å². The molecule has 9 heteroatoms. The number of carbonyl (C=O) groups is 1. The highest BCUT2D eigenvalue weighted by Crippen LogP contribution is 2.32. The average Bonchev–Trinajstić information content (AvgIpc) is 3.42. The fourth-order valence-electron chi connectivity index (χ4n) is 4.40. The molecule has 7 nitrogen and oxygen atoms in total. The number of sulfonamides is 1. The predicted octanol–water partition coefficient (Wildman–Crippen LogP) is 6.31. The van der Waals surface area contributed by atoms with Gasteiger partial charge in [0.2, 0.25) is 10.0 Å². The molecule has 0 unspecified atom stereocenters. The van der Waals surface area contributed by atoms with Crippen LogP contribution in [0.1, 0.15) is 41.0 Å². The van der Waals surface area contributed by atoms with Crippen molar-refractivity contribution in [3.63, 3.8) is 0 Å². The second kappa shape index (κ2) is 12.1. The van der Waals surface area contributed by atoms with Crippen LogP contribution in [0, 0.1) is 0 Å². The van der Waals surface area contributed by atoms with Gasteiger partial charge in [0.25, 0.3) is 5.91 Å². The molecular formula is C31H30N4O3S2. The lowest BCUT2D eigenvalue weighted by Crippen LogP contribution is -2.31. The molecule has 0 radical (unpaired) electrons. The Labute approximate surface area is 238 Å². The van der Waals surface area contributed by atoms with Gasteiger partial charge in [0.05, 0.1) is 27.4 Å². The Morgan fingerprint density at radius 1 is 0.850 bits per heavy atom. The molecule has 0 spiro atoms. The van der Waals surface area contributed by atoms with Crippen molar-refractivity contribution in [2.75, 3.05) is 11.4 Å². The smallest absolute Gasteiger partial charge is 0.260 e. The van der Waals surface area contributed by atoms with E-state index in [0.29, 0.717) is 17.2 Å². The third-order valence-electron chi connectivity index (χ3n) is 6.67. The van der Waals surface area contributed by atoms with Crippen molar-refractivity contribution in [3.8, 4) is 0 Å². The van der Waals surface area contributed by atoms with E-state index in [1.54, 1.807) is 23.2 Å². The largest absolute Gasteiger partial charge is 0.278 e. The summed E-state index contributed by atoms with van der Waals surface area (Å²) in [6.07, 6.45) is 2.61. The molecule has 204 valence electrons. The van der Waals surface area contributed by atoms with Crippen molar-refractivity contribution in [2.24, 2.45) is 0 Å². The van der Waals surface area contributed by atoms with E-state index in [0.717, 1.165) is 27.9 Å². The molecule has 0 aliphatic carbocycles. The maximum absolute atomic E-state index is 13.8. The second-order valence-electron chi connectivity index (χ2n) is 9.31. The van der Waals surface area contributed by atoms with E-state index >= 15 is 0 Å². The van der Waals surface area contributed by atoms with Gasteiger partial charge in [0.15, 0.2) is 5.13 Å². The van der Waals surface area contributed by atoms with Crippen LogP contribution in [0.3, 0.4) is 0 Å². The normalized spacial score (nSPS) is 11.7. The summed E-state index contributed by atoms with van der Waals surface area (Å²) in [5, 5.41) is 0.565. The number of hydrogen-bond donors (Lipinski definition) is 0. The fourth-order valence-corrected chi connectivity index (χ4v) is 6.86. The van der Waals surface area contributed by atoms with Crippen LogP contribution in [0.25, 0.3) is 10.2 Å². The molecule has 0 aliphatic rings. The number of thiazole rings is 1. The highest BCUT2D eigenvalue weighted by Gasteiger charge is 2.26. The zero-order valence-electron chi connectivity index (χ0n) is 22.4. The van der Waals surface area contributed by atoms with Crippen molar-refractivity contribution in [3.05, 3.63) is 120 Å². The summed E-state index contributed by atoms with van der Waals surface area (Å²) in [6, 6.07) is 27.3. The number of hydrogen-bond acceptors (Lipinski definition) is 6. The molecule has 2 aromatic heterocycles. The van der Waals surface area contributed by atoms with E-state index in [2.05, 4.69) is 18.0 Å². The van der Waals surface area contributed by atoms with Gasteiger partial charge in [-0.1, -0.05) is 67.6 Å². The number of nitrogens with zero attached hydrogens (tertiary/aromatic N) is 4. The Balaban J connectivity index is 1.44. The lowest BCUT2D eigenvalue weighted by atomic mass is 10.2. The Hall–Kier alpha value is -3.92. The number of benzene rings is 3. The van der Waals surface area contributed by atoms with Gasteiger partial charge >= 0.3 is 0 Å². The van der Waals surface area contributed by atoms with Gasteiger partial charge in [-0.05, 0) is 66.1 Å². The Morgan fingerprint density at radius 3 is 2.27 bits per heavy atom. The SMILES string of the molecule is CCc1ccc2nc(N(Cc3ccccn3)C(=O)c3ccc(S(=O)(=O)N(CC)Cc4ccccc4)cc3)sc2c1. The first-order chi connectivity index (χ1) is 19.4. The average molecular weight is 571 g/mol. The maximum Gasteiger partial charge on any atom is 0.260 e. The summed E-state index contributed by atoms with van der Waals surface area (Å²) in [7, 11) is -3.75. The van der Waals surface area contributed by atoms with Gasteiger partial charge in [-0.2, -0.15) is 4.31 Å². The van der Waals surface area contributed by atoms with Gasteiger partial charge in [0, 0.05) is 24.8 Å². The minimum atomic E-state index is -3.75. The number of anilines is 1. The van der Waals surface area contributed by atoms with Crippen LogP contribution in [-0.4, -0.2) is 35.1 Å². The third kappa shape index (κ3) is 5.96. The second-order valence-corrected chi connectivity index (χ2v) is 12.3. The zero-order valence-corrected chi connectivity index (χ0v) is 24.0. The number of pyridine rings is 1. The van der Waals surface area contributed by atoms with Gasteiger partial charge in [0.1, 0.15) is 0 Å². The van der Waals surface area contributed by atoms with E-state index in [9.17, 15) is 13.2 Å². The summed E-state index contributed by atoms with van der Waals surface area (Å²) in [5.41, 5.74) is 4.04. The first-order valence-electron chi connectivity index (χ1n) is 13.1. The topological polar surface area (TPSA) is 83.5 Å². The molecule has 0 N–H and O–H groups in total. The van der Waals surface area contributed by atoms with Crippen LogP contribution >= 0.6 is 11.3 Å². The van der Waals surface area contributed by atoms with E-state index in [4.69, 9.17) is 4.98 Å².